The minimum atomic E-state index is -4.43. The van der Waals surface area contributed by atoms with Crippen molar-refractivity contribution in [2.24, 2.45) is 5.73 Å². The van der Waals surface area contributed by atoms with E-state index < -0.39 is 23.8 Å². The molecule has 0 saturated heterocycles. The Morgan fingerprint density at radius 3 is 2.14 bits per heavy atom. The summed E-state index contributed by atoms with van der Waals surface area (Å²) in [5, 5.41) is 10.4. The van der Waals surface area contributed by atoms with Gasteiger partial charge in [0.2, 0.25) is 0 Å². The van der Waals surface area contributed by atoms with Gasteiger partial charge >= 0.3 is 6.18 Å². The lowest BCUT2D eigenvalue weighted by Crippen LogP contribution is -2.20. The number of alkyl halides is 3. The topological polar surface area (TPSA) is 46.2 Å². The molecule has 0 aromatic heterocycles. The van der Waals surface area contributed by atoms with E-state index in [1.807, 2.05) is 6.07 Å². The van der Waals surface area contributed by atoms with Crippen molar-refractivity contribution in [3.8, 4) is 0 Å². The first-order valence-electron chi connectivity index (χ1n) is 6.53. The zero-order valence-corrected chi connectivity index (χ0v) is 11.2. The maximum atomic E-state index is 12.7. The third kappa shape index (κ3) is 3.62. The molecular weight excluding hydrogens is 279 g/mol. The Morgan fingerprint density at radius 2 is 1.57 bits per heavy atom. The van der Waals surface area contributed by atoms with Gasteiger partial charge in [0.25, 0.3) is 0 Å². The first-order valence-corrected chi connectivity index (χ1v) is 6.53. The lowest BCUT2D eigenvalue weighted by atomic mass is 9.88. The smallest absolute Gasteiger partial charge is 0.388 e. The molecule has 5 heteroatoms. The van der Waals surface area contributed by atoms with E-state index in [1.165, 1.54) is 12.1 Å². The maximum absolute atomic E-state index is 12.7. The molecule has 0 fully saturated rings. The predicted octanol–water partition coefficient (Wildman–Crippen LogP) is 3.48. The van der Waals surface area contributed by atoms with Crippen molar-refractivity contribution in [2.75, 3.05) is 6.54 Å². The highest BCUT2D eigenvalue weighted by Gasteiger charge is 2.31. The number of halogens is 3. The Bertz CT molecular complexity index is 584. The summed E-state index contributed by atoms with van der Waals surface area (Å²) in [5.74, 6) is -0.449. The van der Waals surface area contributed by atoms with Crippen molar-refractivity contribution in [3.63, 3.8) is 0 Å². The second-order valence-corrected chi connectivity index (χ2v) is 4.82. The van der Waals surface area contributed by atoms with Crippen molar-refractivity contribution in [1.82, 2.24) is 0 Å². The highest BCUT2D eigenvalue weighted by Crippen LogP contribution is 2.34. The van der Waals surface area contributed by atoms with Gasteiger partial charge in [0.15, 0.2) is 0 Å². The molecule has 0 amide bonds. The van der Waals surface area contributed by atoms with Crippen LogP contribution in [0.5, 0.6) is 0 Å². The lowest BCUT2D eigenvalue weighted by Gasteiger charge is -2.23. The van der Waals surface area contributed by atoms with E-state index >= 15 is 0 Å². The van der Waals surface area contributed by atoms with Crippen LogP contribution in [-0.4, -0.2) is 11.7 Å². The fraction of sp³-hybridized carbons (Fsp3) is 0.250. The Balaban J connectivity index is 2.32. The van der Waals surface area contributed by atoms with Crippen LogP contribution in [0.3, 0.4) is 0 Å². The first-order chi connectivity index (χ1) is 9.93. The second kappa shape index (κ2) is 6.28. The lowest BCUT2D eigenvalue weighted by molar-refractivity contribution is -0.137. The fourth-order valence-electron chi connectivity index (χ4n) is 2.28. The first kappa shape index (κ1) is 15.5. The number of hydrogen-bond donors (Lipinski definition) is 2. The summed E-state index contributed by atoms with van der Waals surface area (Å²) in [5.41, 5.74) is 5.92. The van der Waals surface area contributed by atoms with E-state index in [-0.39, 0.29) is 12.1 Å². The average molecular weight is 295 g/mol. The molecule has 2 aromatic rings. The van der Waals surface area contributed by atoms with Gasteiger partial charge in [0, 0.05) is 12.5 Å². The zero-order valence-electron chi connectivity index (χ0n) is 11.2. The summed E-state index contributed by atoms with van der Waals surface area (Å²) >= 11 is 0. The number of aliphatic hydroxyl groups excluding tert-OH is 1. The van der Waals surface area contributed by atoms with Crippen molar-refractivity contribution in [2.45, 2.75) is 18.2 Å². The molecule has 0 aliphatic rings. The molecule has 0 spiro atoms. The molecule has 2 nitrogen and oxygen atoms in total. The molecule has 112 valence electrons. The summed E-state index contributed by atoms with van der Waals surface area (Å²) in [6.45, 7) is 0.140. The molecule has 0 aliphatic carbocycles. The number of nitrogens with two attached hydrogens (primary N) is 1. The van der Waals surface area contributed by atoms with E-state index in [2.05, 4.69) is 0 Å². The molecule has 0 aliphatic heterocycles. The minimum Gasteiger partial charge on any atom is -0.388 e. The molecular formula is C16H16F3NO. The Labute approximate surface area is 121 Å². The van der Waals surface area contributed by atoms with Crippen LogP contribution >= 0.6 is 0 Å². The van der Waals surface area contributed by atoms with Gasteiger partial charge in [-0.1, -0.05) is 42.5 Å². The summed E-state index contributed by atoms with van der Waals surface area (Å²) in [4.78, 5) is 0. The summed E-state index contributed by atoms with van der Waals surface area (Å²) in [6.07, 6.45) is -5.51. The molecule has 21 heavy (non-hydrogen) atoms. The molecule has 2 aromatic carbocycles. The van der Waals surface area contributed by atoms with Gasteiger partial charge in [0.05, 0.1) is 11.7 Å². The summed E-state index contributed by atoms with van der Waals surface area (Å²) in [6, 6.07) is 13.8. The minimum absolute atomic E-state index is 0.140. The van der Waals surface area contributed by atoms with Crippen LogP contribution in [0, 0.1) is 0 Å². The predicted molar refractivity (Wildman–Crippen MR) is 74.6 cm³/mol. The van der Waals surface area contributed by atoms with Crippen molar-refractivity contribution < 1.29 is 18.3 Å². The van der Waals surface area contributed by atoms with Crippen LogP contribution in [0.25, 0.3) is 0 Å². The van der Waals surface area contributed by atoms with Crippen LogP contribution in [0.2, 0.25) is 0 Å². The van der Waals surface area contributed by atoms with Gasteiger partial charge in [-0.3, -0.25) is 0 Å². The average Bonchev–Trinajstić information content (AvgIpc) is 2.48. The van der Waals surface area contributed by atoms with E-state index in [1.54, 1.807) is 24.3 Å². The maximum Gasteiger partial charge on any atom is 0.416 e. The van der Waals surface area contributed by atoms with Gasteiger partial charge in [0.1, 0.15) is 0 Å². The quantitative estimate of drug-likeness (QED) is 0.907. The van der Waals surface area contributed by atoms with Gasteiger partial charge in [-0.15, -0.1) is 0 Å². The summed E-state index contributed by atoms with van der Waals surface area (Å²) < 4.78 is 38.2. The number of benzene rings is 2. The Kier molecular flexibility index (Phi) is 4.65. The van der Waals surface area contributed by atoms with Gasteiger partial charge in [-0.25, -0.2) is 0 Å². The van der Waals surface area contributed by atoms with Crippen LogP contribution in [0.1, 0.15) is 28.7 Å². The Morgan fingerprint density at radius 1 is 0.952 bits per heavy atom. The third-order valence-electron chi connectivity index (χ3n) is 3.42. The van der Waals surface area contributed by atoms with Crippen LogP contribution in [0.4, 0.5) is 13.2 Å². The van der Waals surface area contributed by atoms with E-state index in [9.17, 15) is 18.3 Å². The largest absolute Gasteiger partial charge is 0.416 e. The van der Waals surface area contributed by atoms with Gasteiger partial charge in [-0.05, 0) is 23.3 Å². The van der Waals surface area contributed by atoms with Gasteiger partial charge in [-0.2, -0.15) is 13.2 Å². The molecule has 2 unspecified atom stereocenters. The number of rotatable bonds is 4. The normalized spacial score (nSPS) is 14.7. The molecule has 0 bridgehead atoms. The molecule has 2 atom stereocenters. The van der Waals surface area contributed by atoms with Crippen LogP contribution in [0.15, 0.2) is 54.6 Å². The number of aliphatic hydroxyl groups is 1. The number of hydrogen-bond acceptors (Lipinski definition) is 2. The van der Waals surface area contributed by atoms with E-state index in [0.29, 0.717) is 0 Å². The highest BCUT2D eigenvalue weighted by atomic mass is 19.4. The monoisotopic (exact) mass is 295 g/mol. The highest BCUT2D eigenvalue weighted by molar-refractivity contribution is 5.31. The third-order valence-corrected chi connectivity index (χ3v) is 3.42. The zero-order chi connectivity index (χ0) is 15.5. The van der Waals surface area contributed by atoms with Crippen molar-refractivity contribution >= 4 is 0 Å². The standard InChI is InChI=1S/C16H16F3NO/c17-16(18,19)13-8-4-7-12(9-13)15(21)14(10-20)11-5-2-1-3-6-11/h1-9,14-15,21H,10,20H2. The molecule has 0 heterocycles. The van der Waals surface area contributed by atoms with E-state index in [0.717, 1.165) is 17.7 Å². The van der Waals surface area contributed by atoms with Crippen LogP contribution in [-0.2, 0) is 6.18 Å². The SMILES string of the molecule is NCC(c1ccccc1)C(O)c1cccc(C(F)(F)F)c1. The van der Waals surface area contributed by atoms with Crippen molar-refractivity contribution in [3.05, 3.63) is 71.3 Å². The van der Waals surface area contributed by atoms with Gasteiger partial charge < -0.3 is 10.8 Å². The van der Waals surface area contributed by atoms with E-state index in [4.69, 9.17) is 5.73 Å². The summed E-state index contributed by atoms with van der Waals surface area (Å²) in [7, 11) is 0. The molecule has 3 N–H and O–H groups in total. The molecule has 0 saturated carbocycles. The van der Waals surface area contributed by atoms with Crippen LogP contribution < -0.4 is 5.73 Å². The second-order valence-electron chi connectivity index (χ2n) is 4.82. The fourth-order valence-corrected chi connectivity index (χ4v) is 2.28. The molecule has 0 radical (unpaired) electrons. The van der Waals surface area contributed by atoms with Crippen molar-refractivity contribution in [1.29, 1.82) is 0 Å². The molecule has 2 rings (SSSR count). The Hall–Kier alpha value is -1.85.